The second kappa shape index (κ2) is 7.86. The molecule has 27 heavy (non-hydrogen) atoms. The molecule has 4 N–H and O–H groups in total. The zero-order valence-corrected chi connectivity index (χ0v) is 17.3. The highest BCUT2D eigenvalue weighted by Crippen LogP contribution is 2.25. The van der Waals surface area contributed by atoms with Gasteiger partial charge in [0.1, 0.15) is 5.82 Å². The molecule has 0 unspecified atom stereocenters. The molecule has 0 bridgehead atoms. The number of nitrogens with zero attached hydrogens (tertiary/aromatic N) is 2. The fraction of sp³-hybridized carbons (Fsp3) is 0.429. The Morgan fingerprint density at radius 2 is 2.00 bits per heavy atom. The first-order chi connectivity index (χ1) is 12.5. The number of imidazole rings is 1. The Labute approximate surface area is 161 Å². The Morgan fingerprint density at radius 1 is 1.33 bits per heavy atom. The molecule has 0 aliphatic heterocycles. The molecule has 2 rings (SSSR count). The lowest BCUT2D eigenvalue weighted by molar-refractivity contribution is 0.0858. The molecule has 1 aromatic heterocycles. The summed E-state index contributed by atoms with van der Waals surface area (Å²) < 4.78 is 0. The van der Waals surface area contributed by atoms with E-state index in [-0.39, 0.29) is 11.8 Å². The Kier molecular flexibility index (Phi) is 5.98. The number of fused-ring (bicyclic) bond motifs is 1. The zero-order valence-electron chi connectivity index (χ0n) is 17.3. The van der Waals surface area contributed by atoms with Crippen molar-refractivity contribution in [2.24, 2.45) is 11.1 Å². The van der Waals surface area contributed by atoms with Crippen LogP contribution in [0, 0.1) is 5.41 Å². The number of nitrogens with two attached hydrogens (primary N) is 1. The summed E-state index contributed by atoms with van der Waals surface area (Å²) in [7, 11) is 1.92. The molecule has 0 atom stereocenters. The number of rotatable bonds is 6. The molecule has 0 saturated heterocycles. The molecule has 0 spiro atoms. The van der Waals surface area contributed by atoms with Crippen LogP contribution in [0.2, 0.25) is 0 Å². The van der Waals surface area contributed by atoms with E-state index in [0.29, 0.717) is 11.4 Å². The Balaban J connectivity index is 2.36. The summed E-state index contributed by atoms with van der Waals surface area (Å²) in [6.45, 7) is 11.8. The molecule has 0 fully saturated rings. The molecule has 6 heteroatoms. The van der Waals surface area contributed by atoms with Gasteiger partial charge < -0.3 is 20.9 Å². The highest BCUT2D eigenvalue weighted by molar-refractivity contribution is 6.02. The number of aromatic nitrogens is 2. The predicted octanol–water partition coefficient (Wildman–Crippen LogP) is 3.84. The van der Waals surface area contributed by atoms with Crippen LogP contribution in [0.25, 0.3) is 16.7 Å². The number of Topliss-reactive ketones (excluding diaryl/α,β-unsaturated/α-hetero) is 1. The number of carbonyl (C=O) groups excluding carboxylic acids is 1. The smallest absolute Gasteiger partial charge is 0.168 e. The average molecular weight is 370 g/mol. The maximum atomic E-state index is 12.5. The van der Waals surface area contributed by atoms with Gasteiger partial charge in [-0.1, -0.05) is 26.8 Å². The molecular weight excluding hydrogens is 338 g/mol. The lowest BCUT2D eigenvalue weighted by Gasteiger charge is -2.19. The zero-order chi connectivity index (χ0) is 20.4. The van der Waals surface area contributed by atoms with Gasteiger partial charge in [-0.3, -0.25) is 4.79 Å². The van der Waals surface area contributed by atoms with Crippen LogP contribution in [0.1, 0.15) is 57.7 Å². The lowest BCUT2D eigenvalue weighted by Crippen LogP contribution is -2.29. The van der Waals surface area contributed by atoms with E-state index in [1.54, 1.807) is 0 Å². The third-order valence-electron chi connectivity index (χ3n) is 4.11. The van der Waals surface area contributed by atoms with Gasteiger partial charge in [0.15, 0.2) is 11.6 Å². The van der Waals surface area contributed by atoms with E-state index < -0.39 is 5.41 Å². The quantitative estimate of drug-likeness (QED) is 0.674. The van der Waals surface area contributed by atoms with Crippen LogP contribution in [0.4, 0.5) is 0 Å². The molecule has 0 radical (unpaired) electrons. The summed E-state index contributed by atoms with van der Waals surface area (Å²) in [5, 5.41) is 3.17. The van der Waals surface area contributed by atoms with E-state index in [4.69, 9.17) is 5.73 Å². The summed E-state index contributed by atoms with van der Waals surface area (Å²) in [4.78, 5) is 22.5. The van der Waals surface area contributed by atoms with Crippen LogP contribution in [-0.2, 0) is 0 Å². The molecule has 146 valence electrons. The minimum absolute atomic E-state index is 0.111. The van der Waals surface area contributed by atoms with Crippen molar-refractivity contribution in [3.05, 3.63) is 47.7 Å². The van der Waals surface area contributed by atoms with Crippen molar-refractivity contribution in [2.45, 2.75) is 47.6 Å². The van der Waals surface area contributed by atoms with Gasteiger partial charge in [-0.25, -0.2) is 4.98 Å². The van der Waals surface area contributed by atoms with Crippen LogP contribution in [0.15, 0.2) is 36.3 Å². The number of H-pyrrole nitrogens is 1. The van der Waals surface area contributed by atoms with Gasteiger partial charge in [-0.2, -0.15) is 0 Å². The minimum atomic E-state index is -0.420. The molecule has 1 heterocycles. The number of allylic oxidation sites excluding steroid dienone is 1. The Morgan fingerprint density at radius 3 is 2.56 bits per heavy atom. The van der Waals surface area contributed by atoms with Crippen LogP contribution >= 0.6 is 0 Å². The first kappa shape index (κ1) is 20.6. The van der Waals surface area contributed by atoms with Crippen molar-refractivity contribution < 1.29 is 4.79 Å². The fourth-order valence-corrected chi connectivity index (χ4v) is 2.86. The van der Waals surface area contributed by atoms with Crippen molar-refractivity contribution in [1.82, 2.24) is 20.2 Å². The number of ketones is 1. The van der Waals surface area contributed by atoms with Crippen molar-refractivity contribution in [3.63, 3.8) is 0 Å². The van der Waals surface area contributed by atoms with Crippen molar-refractivity contribution in [3.8, 4) is 0 Å². The second-order valence-electron chi connectivity index (χ2n) is 8.06. The number of hydrogen-bond donors (Lipinski definition) is 3. The van der Waals surface area contributed by atoms with E-state index in [2.05, 4.69) is 15.3 Å². The molecule has 0 amide bonds. The lowest BCUT2D eigenvalue weighted by atomic mass is 9.86. The van der Waals surface area contributed by atoms with E-state index in [1.807, 2.05) is 84.0 Å². The number of nitrogens with one attached hydrogen (secondary N) is 2. The van der Waals surface area contributed by atoms with Gasteiger partial charge in [0.2, 0.25) is 0 Å². The summed E-state index contributed by atoms with van der Waals surface area (Å²) >= 11 is 0. The number of benzene rings is 1. The van der Waals surface area contributed by atoms with Crippen LogP contribution in [-0.4, -0.2) is 33.7 Å². The number of hydrogen-bond acceptors (Lipinski definition) is 5. The Hall–Kier alpha value is -2.76. The molecule has 6 nitrogen and oxygen atoms in total. The van der Waals surface area contributed by atoms with Gasteiger partial charge in [0, 0.05) is 30.3 Å². The standard InChI is InChI=1S/C21H31N5O/c1-8-17(26(7)12-18(22)23-13(2)3)20-24-15-10-9-14(11-16(15)25-20)19(27)21(4,5)6/h8-13,23H,22H2,1-7H3,(H,24,25)/b17-8-,18-12+. The van der Waals surface area contributed by atoms with Crippen molar-refractivity contribution >= 4 is 22.5 Å². The van der Waals surface area contributed by atoms with Crippen LogP contribution in [0.3, 0.4) is 0 Å². The van der Waals surface area contributed by atoms with Crippen LogP contribution in [0.5, 0.6) is 0 Å². The maximum absolute atomic E-state index is 12.5. The molecule has 0 aliphatic rings. The average Bonchev–Trinajstić information content (AvgIpc) is 2.95. The molecule has 0 aliphatic carbocycles. The molecule has 2 aromatic rings. The van der Waals surface area contributed by atoms with Crippen molar-refractivity contribution in [2.75, 3.05) is 7.05 Å². The van der Waals surface area contributed by atoms with E-state index >= 15 is 0 Å². The second-order valence-corrected chi connectivity index (χ2v) is 8.06. The van der Waals surface area contributed by atoms with E-state index in [9.17, 15) is 4.79 Å². The summed E-state index contributed by atoms with van der Waals surface area (Å²) in [5.74, 6) is 1.42. The maximum Gasteiger partial charge on any atom is 0.168 e. The molecule has 1 aromatic carbocycles. The van der Waals surface area contributed by atoms with E-state index in [0.717, 1.165) is 22.6 Å². The third kappa shape index (κ3) is 4.90. The monoisotopic (exact) mass is 369 g/mol. The number of carbonyl (C=O) groups is 1. The summed E-state index contributed by atoms with van der Waals surface area (Å²) in [6, 6.07) is 5.85. The topological polar surface area (TPSA) is 87.0 Å². The number of aromatic amines is 1. The first-order valence-electron chi connectivity index (χ1n) is 9.21. The van der Waals surface area contributed by atoms with E-state index in [1.165, 1.54) is 0 Å². The SMILES string of the molecule is C/C=C(/c1nc2ccc(C(=O)C(C)(C)C)cc2[nH]1)N(C)/C=C(\N)NC(C)C. The Bertz CT molecular complexity index is 884. The van der Waals surface area contributed by atoms with Gasteiger partial charge in [0.25, 0.3) is 0 Å². The first-order valence-corrected chi connectivity index (χ1v) is 9.21. The fourth-order valence-electron chi connectivity index (χ4n) is 2.86. The minimum Gasteiger partial charge on any atom is -0.384 e. The van der Waals surface area contributed by atoms with Crippen LogP contribution < -0.4 is 11.1 Å². The highest BCUT2D eigenvalue weighted by Gasteiger charge is 2.23. The molecular formula is C21H31N5O. The normalized spacial score (nSPS) is 13.3. The highest BCUT2D eigenvalue weighted by atomic mass is 16.1. The largest absolute Gasteiger partial charge is 0.384 e. The van der Waals surface area contributed by atoms with Gasteiger partial charge in [0.05, 0.1) is 16.7 Å². The van der Waals surface area contributed by atoms with Gasteiger partial charge in [-0.15, -0.1) is 0 Å². The van der Waals surface area contributed by atoms with Gasteiger partial charge in [-0.05, 0) is 39.0 Å². The predicted molar refractivity (Wildman–Crippen MR) is 112 cm³/mol. The van der Waals surface area contributed by atoms with Gasteiger partial charge >= 0.3 is 0 Å². The summed E-state index contributed by atoms with van der Waals surface area (Å²) in [6.07, 6.45) is 3.80. The van der Waals surface area contributed by atoms with Crippen molar-refractivity contribution in [1.29, 1.82) is 0 Å². The summed E-state index contributed by atoms with van der Waals surface area (Å²) in [5.41, 5.74) is 8.84. The molecule has 0 saturated carbocycles. The third-order valence-corrected chi connectivity index (χ3v) is 4.11.